The summed E-state index contributed by atoms with van der Waals surface area (Å²) in [6, 6.07) is 6.33. The highest BCUT2D eigenvalue weighted by molar-refractivity contribution is 14.0. The first-order chi connectivity index (χ1) is 11.2. The minimum absolute atomic E-state index is 0. The number of aryl methyl sites for hydroxylation is 1. The van der Waals surface area contributed by atoms with E-state index in [0.29, 0.717) is 13.2 Å². The van der Waals surface area contributed by atoms with E-state index < -0.39 is 0 Å². The summed E-state index contributed by atoms with van der Waals surface area (Å²) in [5.41, 5.74) is 2.34. The lowest BCUT2D eigenvalue weighted by atomic mass is 10.1. The first-order valence-electron chi connectivity index (χ1n) is 8.51. The number of rotatable bonds is 7. The maximum Gasteiger partial charge on any atom is 0.191 e. The van der Waals surface area contributed by atoms with Crippen LogP contribution in [0.2, 0.25) is 0 Å². The van der Waals surface area contributed by atoms with Gasteiger partial charge in [0.15, 0.2) is 5.96 Å². The largest absolute Gasteiger partial charge is 0.488 e. The number of hydrogen-bond acceptors (Lipinski definition) is 3. The maximum atomic E-state index is 6.13. The molecule has 1 aromatic carbocycles. The average Bonchev–Trinajstić information content (AvgIpc) is 3.05. The molecule has 0 amide bonds. The van der Waals surface area contributed by atoms with Crippen LogP contribution in [-0.4, -0.2) is 38.9 Å². The Morgan fingerprint density at radius 2 is 2.21 bits per heavy atom. The van der Waals surface area contributed by atoms with E-state index in [4.69, 9.17) is 9.47 Å². The molecule has 0 radical (unpaired) electrons. The first-order valence-corrected chi connectivity index (χ1v) is 8.51. The van der Waals surface area contributed by atoms with Crippen molar-refractivity contribution in [3.63, 3.8) is 0 Å². The highest BCUT2D eigenvalue weighted by Crippen LogP contribution is 2.23. The lowest BCUT2D eigenvalue weighted by Gasteiger charge is -2.18. The number of nitrogens with zero attached hydrogens (tertiary/aromatic N) is 1. The molecule has 0 bridgehead atoms. The smallest absolute Gasteiger partial charge is 0.191 e. The third-order valence-electron chi connectivity index (χ3n) is 3.90. The Morgan fingerprint density at radius 1 is 1.38 bits per heavy atom. The zero-order valence-corrected chi connectivity index (χ0v) is 17.3. The van der Waals surface area contributed by atoms with Crippen molar-refractivity contribution < 1.29 is 9.47 Å². The average molecular weight is 447 g/mol. The molecule has 24 heavy (non-hydrogen) atoms. The van der Waals surface area contributed by atoms with E-state index in [0.717, 1.165) is 43.3 Å². The van der Waals surface area contributed by atoms with Crippen LogP contribution in [0.15, 0.2) is 23.2 Å². The van der Waals surface area contributed by atoms with Gasteiger partial charge in [0, 0.05) is 32.1 Å². The van der Waals surface area contributed by atoms with Gasteiger partial charge in [-0.05, 0) is 25.0 Å². The van der Waals surface area contributed by atoms with Gasteiger partial charge < -0.3 is 20.1 Å². The van der Waals surface area contributed by atoms with Gasteiger partial charge in [0.2, 0.25) is 0 Å². The van der Waals surface area contributed by atoms with Crippen molar-refractivity contribution in [1.82, 2.24) is 10.6 Å². The van der Waals surface area contributed by atoms with Crippen molar-refractivity contribution >= 4 is 29.9 Å². The molecule has 1 aliphatic rings. The van der Waals surface area contributed by atoms with Crippen LogP contribution in [0.4, 0.5) is 0 Å². The van der Waals surface area contributed by atoms with Gasteiger partial charge in [0.25, 0.3) is 0 Å². The van der Waals surface area contributed by atoms with E-state index in [-0.39, 0.29) is 30.1 Å². The SMILES string of the molecule is CCCCNC(=NC)NCc1ccc(C)cc1OC1CCOC1.I. The molecule has 0 saturated carbocycles. The number of aliphatic imine (C=N–C) groups is 1. The number of unbranched alkanes of at least 4 members (excludes halogenated alkanes) is 1. The molecule has 2 rings (SSSR count). The van der Waals surface area contributed by atoms with Crippen LogP contribution in [0.1, 0.15) is 37.3 Å². The Bertz CT molecular complexity index is 517. The molecule has 1 unspecified atom stereocenters. The summed E-state index contributed by atoms with van der Waals surface area (Å²) < 4.78 is 11.5. The van der Waals surface area contributed by atoms with Crippen molar-refractivity contribution in [2.75, 3.05) is 26.8 Å². The Balaban J connectivity index is 0.00000288. The molecular weight excluding hydrogens is 417 g/mol. The highest BCUT2D eigenvalue weighted by atomic mass is 127. The normalized spacial score (nSPS) is 17.3. The number of benzene rings is 1. The van der Waals surface area contributed by atoms with E-state index >= 15 is 0 Å². The van der Waals surface area contributed by atoms with Crippen molar-refractivity contribution in [2.45, 2.75) is 45.8 Å². The van der Waals surface area contributed by atoms with Crippen LogP contribution in [0.25, 0.3) is 0 Å². The van der Waals surface area contributed by atoms with E-state index in [1.54, 1.807) is 7.05 Å². The number of nitrogens with one attached hydrogen (secondary N) is 2. The summed E-state index contributed by atoms with van der Waals surface area (Å²) >= 11 is 0. The van der Waals surface area contributed by atoms with Crippen LogP contribution in [0.5, 0.6) is 5.75 Å². The summed E-state index contributed by atoms with van der Waals surface area (Å²) in [5, 5.41) is 6.68. The summed E-state index contributed by atoms with van der Waals surface area (Å²) in [6.07, 6.45) is 3.43. The molecule has 1 aliphatic heterocycles. The number of hydrogen-bond donors (Lipinski definition) is 2. The molecule has 0 spiro atoms. The van der Waals surface area contributed by atoms with Crippen LogP contribution in [0.3, 0.4) is 0 Å². The lowest BCUT2D eigenvalue weighted by Crippen LogP contribution is -2.37. The quantitative estimate of drug-likeness (QED) is 0.292. The topological polar surface area (TPSA) is 54.9 Å². The van der Waals surface area contributed by atoms with Gasteiger partial charge in [-0.2, -0.15) is 0 Å². The van der Waals surface area contributed by atoms with Gasteiger partial charge in [0.1, 0.15) is 11.9 Å². The second kappa shape index (κ2) is 11.5. The predicted molar refractivity (Wildman–Crippen MR) is 110 cm³/mol. The second-order valence-corrected chi connectivity index (χ2v) is 5.92. The van der Waals surface area contributed by atoms with Crippen LogP contribution in [0, 0.1) is 6.92 Å². The highest BCUT2D eigenvalue weighted by Gasteiger charge is 2.18. The summed E-state index contributed by atoms with van der Waals surface area (Å²) in [4.78, 5) is 4.26. The monoisotopic (exact) mass is 447 g/mol. The molecule has 0 aliphatic carbocycles. The van der Waals surface area contributed by atoms with Crippen molar-refractivity contribution in [1.29, 1.82) is 0 Å². The van der Waals surface area contributed by atoms with Gasteiger partial charge in [-0.3, -0.25) is 4.99 Å². The van der Waals surface area contributed by atoms with Gasteiger partial charge in [-0.1, -0.05) is 25.5 Å². The summed E-state index contributed by atoms with van der Waals surface area (Å²) in [5.74, 6) is 1.77. The number of halogens is 1. The predicted octanol–water partition coefficient (Wildman–Crippen LogP) is 3.25. The molecule has 136 valence electrons. The second-order valence-electron chi connectivity index (χ2n) is 5.92. The van der Waals surface area contributed by atoms with Crippen LogP contribution < -0.4 is 15.4 Å². The van der Waals surface area contributed by atoms with Crippen LogP contribution in [-0.2, 0) is 11.3 Å². The summed E-state index contributed by atoms with van der Waals surface area (Å²) in [7, 11) is 1.80. The lowest BCUT2D eigenvalue weighted by molar-refractivity contribution is 0.140. The molecule has 1 atom stereocenters. The van der Waals surface area contributed by atoms with Crippen LogP contribution >= 0.6 is 24.0 Å². The van der Waals surface area contributed by atoms with Crippen molar-refractivity contribution in [3.05, 3.63) is 29.3 Å². The molecular formula is C18H30IN3O2. The standard InChI is InChI=1S/C18H29N3O2.HI/c1-4-5-9-20-18(19-3)21-12-15-7-6-14(2)11-17(15)23-16-8-10-22-13-16;/h6-7,11,16H,4-5,8-10,12-13H2,1-3H3,(H2,19,20,21);1H. The molecule has 1 aromatic rings. The van der Waals surface area contributed by atoms with Gasteiger partial charge >= 0.3 is 0 Å². The maximum absolute atomic E-state index is 6.13. The van der Waals surface area contributed by atoms with Crippen molar-refractivity contribution in [2.24, 2.45) is 4.99 Å². The Hall–Kier alpha value is -1.02. The van der Waals surface area contributed by atoms with E-state index in [2.05, 4.69) is 47.7 Å². The Kier molecular flexibility index (Phi) is 10.1. The Morgan fingerprint density at radius 3 is 2.88 bits per heavy atom. The van der Waals surface area contributed by atoms with E-state index in [1.807, 2.05) is 0 Å². The molecule has 2 N–H and O–H groups in total. The fourth-order valence-corrected chi connectivity index (χ4v) is 2.49. The fraction of sp³-hybridized carbons (Fsp3) is 0.611. The minimum Gasteiger partial charge on any atom is -0.488 e. The molecule has 1 saturated heterocycles. The molecule has 6 heteroatoms. The molecule has 1 heterocycles. The minimum atomic E-state index is 0. The van der Waals surface area contributed by atoms with Gasteiger partial charge in [0.05, 0.1) is 13.2 Å². The fourth-order valence-electron chi connectivity index (χ4n) is 2.49. The summed E-state index contributed by atoms with van der Waals surface area (Å²) in [6.45, 7) is 7.36. The number of guanidine groups is 1. The zero-order chi connectivity index (χ0) is 16.5. The first kappa shape index (κ1) is 21.0. The zero-order valence-electron chi connectivity index (χ0n) is 14.9. The van der Waals surface area contributed by atoms with Gasteiger partial charge in [-0.15, -0.1) is 24.0 Å². The number of ether oxygens (including phenoxy) is 2. The molecule has 1 fully saturated rings. The van der Waals surface area contributed by atoms with E-state index in [1.165, 1.54) is 12.0 Å². The van der Waals surface area contributed by atoms with Gasteiger partial charge in [-0.25, -0.2) is 0 Å². The molecule has 0 aromatic heterocycles. The third kappa shape index (κ3) is 6.84. The third-order valence-corrected chi connectivity index (χ3v) is 3.90. The Labute approximate surface area is 162 Å². The van der Waals surface area contributed by atoms with Crippen molar-refractivity contribution in [3.8, 4) is 5.75 Å². The molecule has 5 nitrogen and oxygen atoms in total. The van der Waals surface area contributed by atoms with E-state index in [9.17, 15) is 0 Å².